The van der Waals surface area contributed by atoms with Crippen molar-refractivity contribution in [3.05, 3.63) is 11.7 Å². The van der Waals surface area contributed by atoms with Crippen LogP contribution in [0.25, 0.3) is 0 Å². The van der Waals surface area contributed by atoms with Crippen LogP contribution in [0.2, 0.25) is 0 Å². The van der Waals surface area contributed by atoms with Gasteiger partial charge in [-0.2, -0.15) is 16.7 Å². The van der Waals surface area contributed by atoms with Crippen molar-refractivity contribution in [1.82, 2.24) is 15.5 Å². The number of nitrogens with one attached hydrogen (secondary N) is 1. The Morgan fingerprint density at radius 2 is 2.44 bits per heavy atom. The molecule has 0 amide bonds. The normalized spacial score (nSPS) is 21.8. The zero-order chi connectivity index (χ0) is 10.7. The van der Waals surface area contributed by atoms with Gasteiger partial charge < -0.3 is 9.84 Å². The highest BCUT2D eigenvalue weighted by Gasteiger charge is 2.23. The molecule has 1 fully saturated rings. The Balaban J connectivity index is 0.00000128. The van der Waals surface area contributed by atoms with Crippen LogP contribution in [0.5, 0.6) is 0 Å². The zero-order valence-electron chi connectivity index (χ0n) is 9.60. The molecule has 2 heterocycles. The van der Waals surface area contributed by atoms with E-state index in [1.807, 2.05) is 18.8 Å². The van der Waals surface area contributed by atoms with Crippen molar-refractivity contribution in [1.29, 1.82) is 0 Å². The molecular formula is C10H18ClN3OS. The average molecular weight is 264 g/mol. The predicted octanol–water partition coefficient (Wildman–Crippen LogP) is 1.86. The van der Waals surface area contributed by atoms with Gasteiger partial charge in [-0.05, 0) is 26.1 Å². The maximum Gasteiger partial charge on any atom is 0.230 e. The fourth-order valence-corrected chi connectivity index (χ4v) is 2.83. The first kappa shape index (κ1) is 13.8. The van der Waals surface area contributed by atoms with E-state index < -0.39 is 0 Å². The highest BCUT2D eigenvalue weighted by molar-refractivity contribution is 7.99. The number of rotatable bonds is 4. The second kappa shape index (κ2) is 6.47. The molecule has 1 aliphatic heterocycles. The second-order valence-electron chi connectivity index (χ2n) is 4.00. The van der Waals surface area contributed by atoms with Crippen molar-refractivity contribution in [2.45, 2.75) is 31.7 Å². The minimum atomic E-state index is 0. The molecule has 1 aromatic rings. The Bertz CT molecular complexity index is 315. The number of halogens is 1. The predicted molar refractivity (Wildman–Crippen MR) is 68.5 cm³/mol. The van der Waals surface area contributed by atoms with Gasteiger partial charge in [-0.1, -0.05) is 5.16 Å². The molecule has 1 N–H and O–H groups in total. The van der Waals surface area contributed by atoms with Crippen molar-refractivity contribution >= 4 is 24.2 Å². The smallest absolute Gasteiger partial charge is 0.230 e. The molecule has 1 aromatic heterocycles. The van der Waals surface area contributed by atoms with E-state index in [1.54, 1.807) is 0 Å². The third-order valence-corrected chi connectivity index (χ3v) is 3.91. The van der Waals surface area contributed by atoms with E-state index in [2.05, 4.69) is 22.4 Å². The van der Waals surface area contributed by atoms with Crippen LogP contribution in [0.4, 0.5) is 0 Å². The van der Waals surface area contributed by atoms with Crippen LogP contribution in [0.1, 0.15) is 31.0 Å². The number of likely N-dealkylation sites (N-methyl/N-ethyl adjacent to an activating group) is 1. The van der Waals surface area contributed by atoms with E-state index in [4.69, 9.17) is 4.52 Å². The standard InChI is InChI=1S/C10H17N3OS.ClH/c1-7(11-2)5-9-12-10(14-13-9)8-3-4-15-6-8;/h7-8,11H,3-6H2,1-2H3;1H. The van der Waals surface area contributed by atoms with Crippen LogP contribution in [0, 0.1) is 0 Å². The first-order chi connectivity index (χ1) is 7.29. The third-order valence-electron chi connectivity index (χ3n) is 2.74. The van der Waals surface area contributed by atoms with Crippen LogP contribution in [-0.4, -0.2) is 34.7 Å². The van der Waals surface area contributed by atoms with Crippen molar-refractivity contribution < 1.29 is 4.52 Å². The summed E-state index contributed by atoms with van der Waals surface area (Å²) in [6.45, 7) is 2.11. The molecule has 2 rings (SSSR count). The lowest BCUT2D eigenvalue weighted by molar-refractivity contribution is 0.355. The fourth-order valence-electron chi connectivity index (χ4n) is 1.62. The van der Waals surface area contributed by atoms with Gasteiger partial charge in [0.25, 0.3) is 0 Å². The lowest BCUT2D eigenvalue weighted by Gasteiger charge is -2.04. The first-order valence-electron chi connectivity index (χ1n) is 5.37. The highest BCUT2D eigenvalue weighted by Crippen LogP contribution is 2.31. The maximum absolute atomic E-state index is 5.29. The molecule has 0 aromatic carbocycles. The van der Waals surface area contributed by atoms with Gasteiger partial charge in [0.15, 0.2) is 5.82 Å². The first-order valence-corrected chi connectivity index (χ1v) is 6.52. The summed E-state index contributed by atoms with van der Waals surface area (Å²) in [4.78, 5) is 4.45. The molecule has 4 nitrogen and oxygen atoms in total. The summed E-state index contributed by atoms with van der Waals surface area (Å²) in [5.41, 5.74) is 0. The van der Waals surface area contributed by atoms with Gasteiger partial charge >= 0.3 is 0 Å². The van der Waals surface area contributed by atoms with Crippen molar-refractivity contribution in [3.8, 4) is 0 Å². The van der Waals surface area contributed by atoms with Gasteiger partial charge in [0.1, 0.15) is 0 Å². The van der Waals surface area contributed by atoms with Crippen LogP contribution in [-0.2, 0) is 6.42 Å². The summed E-state index contributed by atoms with van der Waals surface area (Å²) in [6.07, 6.45) is 2.01. The lowest BCUT2D eigenvalue weighted by Crippen LogP contribution is -2.24. The minimum absolute atomic E-state index is 0. The molecule has 0 radical (unpaired) electrons. The lowest BCUT2D eigenvalue weighted by atomic mass is 10.1. The van der Waals surface area contributed by atoms with Crippen molar-refractivity contribution in [2.24, 2.45) is 0 Å². The Morgan fingerprint density at radius 1 is 1.62 bits per heavy atom. The summed E-state index contributed by atoms with van der Waals surface area (Å²) in [6, 6.07) is 0.397. The van der Waals surface area contributed by atoms with Crippen molar-refractivity contribution in [2.75, 3.05) is 18.6 Å². The SMILES string of the molecule is CNC(C)Cc1noc(C2CCSC2)n1.Cl. The van der Waals surface area contributed by atoms with Gasteiger partial charge in [-0.3, -0.25) is 0 Å². The molecule has 0 spiro atoms. The summed E-state index contributed by atoms with van der Waals surface area (Å²) >= 11 is 1.96. The van der Waals surface area contributed by atoms with Crippen LogP contribution in [0.3, 0.4) is 0 Å². The molecule has 1 saturated heterocycles. The summed E-state index contributed by atoms with van der Waals surface area (Å²) in [5.74, 6) is 4.49. The molecular weight excluding hydrogens is 246 g/mol. The largest absolute Gasteiger partial charge is 0.339 e. The average Bonchev–Trinajstić information content (AvgIpc) is 2.85. The molecule has 2 atom stereocenters. The van der Waals surface area contributed by atoms with E-state index in [-0.39, 0.29) is 12.4 Å². The molecule has 0 saturated carbocycles. The summed E-state index contributed by atoms with van der Waals surface area (Å²) in [5, 5.41) is 7.18. The molecule has 0 bridgehead atoms. The number of thioether (sulfide) groups is 1. The Kier molecular flexibility index (Phi) is 5.58. The molecule has 2 unspecified atom stereocenters. The molecule has 1 aliphatic rings. The third kappa shape index (κ3) is 3.37. The van der Waals surface area contributed by atoms with Gasteiger partial charge in [0, 0.05) is 24.1 Å². The molecule has 16 heavy (non-hydrogen) atoms. The van der Waals surface area contributed by atoms with Crippen molar-refractivity contribution in [3.63, 3.8) is 0 Å². The van der Waals surface area contributed by atoms with Gasteiger partial charge in [-0.25, -0.2) is 0 Å². The number of hydrogen-bond acceptors (Lipinski definition) is 5. The molecule has 0 aliphatic carbocycles. The van der Waals surface area contributed by atoms with Crippen LogP contribution >= 0.6 is 24.2 Å². The van der Waals surface area contributed by atoms with Crippen LogP contribution in [0.15, 0.2) is 4.52 Å². The molecule has 6 heteroatoms. The molecule has 92 valence electrons. The number of aromatic nitrogens is 2. The maximum atomic E-state index is 5.29. The Morgan fingerprint density at radius 3 is 3.06 bits per heavy atom. The topological polar surface area (TPSA) is 51.0 Å². The quantitative estimate of drug-likeness (QED) is 0.899. The van der Waals surface area contributed by atoms with E-state index in [0.717, 1.165) is 23.9 Å². The number of nitrogens with zero attached hydrogens (tertiary/aromatic N) is 2. The van der Waals surface area contributed by atoms with E-state index in [0.29, 0.717) is 12.0 Å². The Labute approximate surface area is 106 Å². The minimum Gasteiger partial charge on any atom is -0.339 e. The van der Waals surface area contributed by atoms with Gasteiger partial charge in [0.05, 0.1) is 0 Å². The van der Waals surface area contributed by atoms with E-state index in [1.165, 1.54) is 12.2 Å². The zero-order valence-corrected chi connectivity index (χ0v) is 11.2. The highest BCUT2D eigenvalue weighted by atomic mass is 35.5. The van der Waals surface area contributed by atoms with E-state index in [9.17, 15) is 0 Å². The van der Waals surface area contributed by atoms with Crippen LogP contribution < -0.4 is 5.32 Å². The van der Waals surface area contributed by atoms with Gasteiger partial charge in [-0.15, -0.1) is 12.4 Å². The Hall–Kier alpha value is -0.260. The monoisotopic (exact) mass is 263 g/mol. The summed E-state index contributed by atoms with van der Waals surface area (Å²) in [7, 11) is 1.94. The second-order valence-corrected chi connectivity index (χ2v) is 5.15. The van der Waals surface area contributed by atoms with E-state index >= 15 is 0 Å². The number of hydrogen-bond donors (Lipinski definition) is 1. The fraction of sp³-hybridized carbons (Fsp3) is 0.800. The van der Waals surface area contributed by atoms with Gasteiger partial charge in [0.2, 0.25) is 5.89 Å². The summed E-state index contributed by atoms with van der Waals surface area (Å²) < 4.78 is 5.29.